The van der Waals surface area contributed by atoms with Crippen molar-refractivity contribution in [3.8, 4) is 16.3 Å². The minimum Gasteiger partial charge on any atom is -0.485 e. The van der Waals surface area contributed by atoms with Crippen molar-refractivity contribution in [2.24, 2.45) is 5.73 Å². The van der Waals surface area contributed by atoms with Gasteiger partial charge in [0.15, 0.2) is 0 Å². The van der Waals surface area contributed by atoms with Crippen LogP contribution in [0.15, 0.2) is 54.9 Å². The summed E-state index contributed by atoms with van der Waals surface area (Å²) in [5, 5.41) is 3.95. The molecule has 0 bridgehead atoms. The van der Waals surface area contributed by atoms with E-state index in [-0.39, 0.29) is 12.5 Å². The number of hydrogen-bond acceptors (Lipinski definition) is 5. The Balaban J connectivity index is 1.63. The van der Waals surface area contributed by atoms with Crippen LogP contribution < -0.4 is 15.8 Å². The summed E-state index contributed by atoms with van der Waals surface area (Å²) in [6, 6.07) is 13.8. The van der Waals surface area contributed by atoms with Crippen molar-refractivity contribution in [1.82, 2.24) is 14.7 Å². The molecule has 0 fully saturated rings. The van der Waals surface area contributed by atoms with E-state index < -0.39 is 5.91 Å². The average Bonchev–Trinajstić information content (AvgIpc) is 3.36. The van der Waals surface area contributed by atoms with E-state index in [2.05, 4.69) is 17.2 Å². The SMILES string of the molecule is CCNCc1ccc([C@@H](C)Oc2cc(-c3cnc4ccccn34)sc2CC(N)=O)c(Cl)c1. The predicted octanol–water partition coefficient (Wildman–Crippen LogP) is 4.99. The number of carbonyl (C=O) groups is 1. The van der Waals surface area contributed by atoms with Gasteiger partial charge in [-0.1, -0.05) is 36.7 Å². The lowest BCUT2D eigenvalue weighted by Gasteiger charge is -2.17. The molecule has 0 unspecified atom stereocenters. The number of nitrogens with two attached hydrogens (primary N) is 1. The van der Waals surface area contributed by atoms with Crippen molar-refractivity contribution >= 4 is 34.5 Å². The van der Waals surface area contributed by atoms with Crippen LogP contribution in [0.3, 0.4) is 0 Å². The Morgan fingerprint density at radius 1 is 1.31 bits per heavy atom. The molecule has 3 aromatic heterocycles. The first-order valence-electron chi connectivity index (χ1n) is 10.5. The standard InChI is InChI=1S/C24H25ClN4O2S/c1-3-27-13-16-7-8-17(18(25)10-16)15(2)31-20-11-21(32-22(20)12-23(26)30)19-14-28-24-6-4-5-9-29(19)24/h4-11,14-15,27H,3,12-13H2,1-2H3,(H2,26,30)/t15-/m1/s1. The number of pyridine rings is 1. The molecule has 1 aromatic carbocycles. The van der Waals surface area contributed by atoms with Crippen molar-refractivity contribution in [3.05, 3.63) is 75.9 Å². The van der Waals surface area contributed by atoms with Crippen LogP contribution in [0.4, 0.5) is 0 Å². The largest absolute Gasteiger partial charge is 0.485 e. The fraction of sp³-hybridized carbons (Fsp3) is 0.250. The zero-order valence-corrected chi connectivity index (χ0v) is 19.5. The van der Waals surface area contributed by atoms with Crippen LogP contribution in [0, 0.1) is 0 Å². The number of rotatable bonds is 9. The fourth-order valence-electron chi connectivity index (χ4n) is 3.57. The fourth-order valence-corrected chi connectivity index (χ4v) is 5.03. The molecule has 32 heavy (non-hydrogen) atoms. The van der Waals surface area contributed by atoms with Crippen molar-refractivity contribution in [1.29, 1.82) is 0 Å². The van der Waals surface area contributed by atoms with E-state index >= 15 is 0 Å². The van der Waals surface area contributed by atoms with Crippen LogP contribution in [0.5, 0.6) is 5.75 Å². The molecule has 0 spiro atoms. The zero-order chi connectivity index (χ0) is 22.7. The number of ether oxygens (including phenoxy) is 1. The molecule has 4 aromatic rings. The maximum Gasteiger partial charge on any atom is 0.222 e. The molecule has 0 aliphatic carbocycles. The number of primary amides is 1. The van der Waals surface area contributed by atoms with Gasteiger partial charge in [-0.05, 0) is 37.2 Å². The second-order valence-corrected chi connectivity index (χ2v) is 9.05. The number of benzene rings is 1. The van der Waals surface area contributed by atoms with E-state index in [1.807, 2.05) is 66.2 Å². The van der Waals surface area contributed by atoms with Crippen LogP contribution in [-0.4, -0.2) is 21.8 Å². The number of amides is 1. The molecule has 0 saturated heterocycles. The Bertz CT molecular complexity index is 1250. The Morgan fingerprint density at radius 3 is 2.91 bits per heavy atom. The normalized spacial score (nSPS) is 12.2. The number of nitrogens with zero attached hydrogens (tertiary/aromatic N) is 2. The van der Waals surface area contributed by atoms with Gasteiger partial charge in [-0.15, -0.1) is 11.3 Å². The Morgan fingerprint density at radius 2 is 2.16 bits per heavy atom. The summed E-state index contributed by atoms with van der Waals surface area (Å²) in [4.78, 5) is 17.9. The Labute approximate surface area is 196 Å². The first kappa shape index (κ1) is 22.3. The summed E-state index contributed by atoms with van der Waals surface area (Å²) in [7, 11) is 0. The highest BCUT2D eigenvalue weighted by Gasteiger charge is 2.20. The quantitative estimate of drug-likeness (QED) is 0.362. The zero-order valence-electron chi connectivity index (χ0n) is 18.0. The number of carbonyl (C=O) groups excluding carboxylic acids is 1. The summed E-state index contributed by atoms with van der Waals surface area (Å²) in [6.07, 6.45) is 3.59. The summed E-state index contributed by atoms with van der Waals surface area (Å²) in [5.41, 5.74) is 9.30. The number of nitrogens with one attached hydrogen (secondary N) is 1. The summed E-state index contributed by atoms with van der Waals surface area (Å²) in [6.45, 7) is 5.68. The van der Waals surface area contributed by atoms with Crippen LogP contribution in [-0.2, 0) is 17.8 Å². The molecular weight excluding hydrogens is 444 g/mol. The molecule has 6 nitrogen and oxygen atoms in total. The monoisotopic (exact) mass is 468 g/mol. The smallest absolute Gasteiger partial charge is 0.222 e. The molecular formula is C24H25ClN4O2S. The minimum atomic E-state index is -0.403. The van der Waals surface area contributed by atoms with Gasteiger partial charge in [0.2, 0.25) is 5.91 Å². The molecule has 8 heteroatoms. The molecule has 0 aliphatic heterocycles. The summed E-state index contributed by atoms with van der Waals surface area (Å²) in [5.74, 6) is 0.231. The van der Waals surface area contributed by atoms with E-state index in [0.29, 0.717) is 10.8 Å². The molecule has 4 rings (SSSR count). The minimum absolute atomic E-state index is 0.110. The first-order chi connectivity index (χ1) is 15.5. The summed E-state index contributed by atoms with van der Waals surface area (Å²) < 4.78 is 8.30. The van der Waals surface area contributed by atoms with Gasteiger partial charge < -0.3 is 15.8 Å². The van der Waals surface area contributed by atoms with Gasteiger partial charge in [0.25, 0.3) is 0 Å². The van der Waals surface area contributed by atoms with E-state index in [9.17, 15) is 4.79 Å². The van der Waals surface area contributed by atoms with Gasteiger partial charge in [0.1, 0.15) is 17.5 Å². The third kappa shape index (κ3) is 4.80. The number of imidazole rings is 1. The van der Waals surface area contributed by atoms with Gasteiger partial charge in [-0.3, -0.25) is 9.20 Å². The lowest BCUT2D eigenvalue weighted by molar-refractivity contribution is -0.117. The third-order valence-corrected chi connectivity index (χ3v) is 6.63. The van der Waals surface area contributed by atoms with Crippen molar-refractivity contribution in [2.75, 3.05) is 6.54 Å². The van der Waals surface area contributed by atoms with E-state index in [0.717, 1.165) is 45.3 Å². The Hall–Kier alpha value is -2.87. The highest BCUT2D eigenvalue weighted by Crippen LogP contribution is 2.39. The van der Waals surface area contributed by atoms with Crippen LogP contribution in [0.25, 0.3) is 16.2 Å². The van der Waals surface area contributed by atoms with Gasteiger partial charge in [0.05, 0.1) is 28.1 Å². The molecule has 166 valence electrons. The molecule has 3 N–H and O–H groups in total. The van der Waals surface area contributed by atoms with Crippen molar-refractivity contribution < 1.29 is 9.53 Å². The number of fused-ring (bicyclic) bond motifs is 1. The highest BCUT2D eigenvalue weighted by molar-refractivity contribution is 7.15. The number of halogens is 1. The number of thiophene rings is 1. The topological polar surface area (TPSA) is 81.7 Å². The van der Waals surface area contributed by atoms with Crippen LogP contribution in [0.2, 0.25) is 5.02 Å². The first-order valence-corrected chi connectivity index (χ1v) is 11.6. The Kier molecular flexibility index (Phi) is 6.79. The van der Waals surface area contributed by atoms with Crippen molar-refractivity contribution in [3.63, 3.8) is 0 Å². The highest BCUT2D eigenvalue weighted by atomic mass is 35.5. The molecule has 0 radical (unpaired) electrons. The van der Waals surface area contributed by atoms with E-state index in [4.69, 9.17) is 22.1 Å². The molecule has 3 heterocycles. The summed E-state index contributed by atoms with van der Waals surface area (Å²) >= 11 is 8.04. The van der Waals surface area contributed by atoms with Crippen LogP contribution in [0.1, 0.15) is 36.0 Å². The maximum atomic E-state index is 11.7. The predicted molar refractivity (Wildman–Crippen MR) is 129 cm³/mol. The van der Waals surface area contributed by atoms with Crippen LogP contribution >= 0.6 is 22.9 Å². The number of aromatic nitrogens is 2. The lowest BCUT2D eigenvalue weighted by atomic mass is 10.1. The van der Waals surface area contributed by atoms with Crippen molar-refractivity contribution in [2.45, 2.75) is 32.9 Å². The van der Waals surface area contributed by atoms with Gasteiger partial charge in [-0.25, -0.2) is 4.98 Å². The maximum absolute atomic E-state index is 11.7. The van der Waals surface area contributed by atoms with Gasteiger partial charge >= 0.3 is 0 Å². The number of hydrogen-bond donors (Lipinski definition) is 2. The van der Waals surface area contributed by atoms with E-state index in [1.165, 1.54) is 11.3 Å². The lowest BCUT2D eigenvalue weighted by Crippen LogP contribution is -2.14. The van der Waals surface area contributed by atoms with Gasteiger partial charge in [-0.2, -0.15) is 0 Å². The molecule has 0 aliphatic rings. The molecule has 1 amide bonds. The second kappa shape index (κ2) is 9.73. The van der Waals surface area contributed by atoms with E-state index in [1.54, 1.807) is 0 Å². The second-order valence-electron chi connectivity index (χ2n) is 7.51. The van der Waals surface area contributed by atoms with Gasteiger partial charge in [0, 0.05) is 29.4 Å². The third-order valence-electron chi connectivity index (χ3n) is 5.16. The average molecular weight is 469 g/mol. The molecule has 0 saturated carbocycles. The molecule has 1 atom stereocenters.